The molecule has 0 aliphatic heterocycles. The van der Waals surface area contributed by atoms with Crippen molar-refractivity contribution in [3.8, 4) is 5.69 Å². The van der Waals surface area contributed by atoms with Gasteiger partial charge in [-0.15, -0.1) is 0 Å². The summed E-state index contributed by atoms with van der Waals surface area (Å²) in [4.78, 5) is 11.0. The summed E-state index contributed by atoms with van der Waals surface area (Å²) in [7, 11) is 1.34. The van der Waals surface area contributed by atoms with Crippen LogP contribution >= 0.6 is 0 Å². The Morgan fingerprint density at radius 3 is 2.38 bits per heavy atom. The quantitative estimate of drug-likeness (QED) is 0.838. The van der Waals surface area contributed by atoms with Crippen LogP contribution in [0.4, 0.5) is 10.5 Å². The van der Waals surface area contributed by atoms with Gasteiger partial charge in [-0.1, -0.05) is 0 Å². The first-order valence-electron chi connectivity index (χ1n) is 4.88. The zero-order valence-electron chi connectivity index (χ0n) is 8.88. The highest BCUT2D eigenvalue weighted by Gasteiger charge is 2.00. The fourth-order valence-corrected chi connectivity index (χ4v) is 1.39. The molecule has 0 aliphatic rings. The fourth-order valence-electron chi connectivity index (χ4n) is 1.39. The van der Waals surface area contributed by atoms with Gasteiger partial charge in [-0.2, -0.15) is 0 Å². The van der Waals surface area contributed by atoms with Crippen LogP contribution in [0.2, 0.25) is 0 Å². The summed E-state index contributed by atoms with van der Waals surface area (Å²) in [6.07, 6.45) is 3.46. The van der Waals surface area contributed by atoms with E-state index in [-0.39, 0.29) is 0 Å². The van der Waals surface area contributed by atoms with Crippen LogP contribution in [0.1, 0.15) is 0 Å². The molecule has 2 aromatic rings. The molecule has 1 aromatic heterocycles. The van der Waals surface area contributed by atoms with E-state index in [0.717, 1.165) is 5.69 Å². The fraction of sp³-hybridized carbons (Fsp3) is 0.0833. The van der Waals surface area contributed by atoms with E-state index >= 15 is 0 Å². The standard InChI is InChI=1S/C12H12N2O2/c1-16-12(15)13-10-4-6-11(7-5-10)14-8-2-3-9-14/h2-9H,1H3,(H,13,15). The van der Waals surface area contributed by atoms with Gasteiger partial charge in [0.1, 0.15) is 0 Å². The van der Waals surface area contributed by atoms with Gasteiger partial charge in [0.2, 0.25) is 0 Å². The van der Waals surface area contributed by atoms with Crippen molar-refractivity contribution in [2.75, 3.05) is 12.4 Å². The summed E-state index contributed by atoms with van der Waals surface area (Å²) in [6, 6.07) is 11.4. The summed E-state index contributed by atoms with van der Waals surface area (Å²) in [5, 5.41) is 2.59. The lowest BCUT2D eigenvalue weighted by Crippen LogP contribution is -2.10. The molecule has 0 unspecified atom stereocenters. The van der Waals surface area contributed by atoms with Gasteiger partial charge < -0.3 is 9.30 Å². The number of hydrogen-bond donors (Lipinski definition) is 1. The molecule has 1 N–H and O–H groups in total. The molecule has 0 aliphatic carbocycles. The minimum Gasteiger partial charge on any atom is -0.453 e. The molecule has 1 amide bonds. The minimum absolute atomic E-state index is 0.464. The van der Waals surface area contributed by atoms with Crippen LogP contribution in [0, 0.1) is 0 Å². The van der Waals surface area contributed by atoms with E-state index < -0.39 is 6.09 Å². The first-order chi connectivity index (χ1) is 7.79. The Balaban J connectivity index is 2.14. The molecule has 2 rings (SSSR count). The van der Waals surface area contributed by atoms with Crippen LogP contribution in [0.25, 0.3) is 5.69 Å². The molecular formula is C12H12N2O2. The van der Waals surface area contributed by atoms with Crippen molar-refractivity contribution in [2.24, 2.45) is 0 Å². The number of amides is 1. The molecule has 0 saturated carbocycles. The third kappa shape index (κ3) is 2.23. The number of anilines is 1. The van der Waals surface area contributed by atoms with Gasteiger partial charge in [0.05, 0.1) is 7.11 Å². The number of rotatable bonds is 2. The number of hydrogen-bond acceptors (Lipinski definition) is 2. The SMILES string of the molecule is COC(=O)Nc1ccc(-n2cccc2)cc1. The molecule has 1 aromatic carbocycles. The summed E-state index contributed by atoms with van der Waals surface area (Å²) < 4.78 is 6.49. The lowest BCUT2D eigenvalue weighted by molar-refractivity contribution is 0.187. The van der Waals surface area contributed by atoms with E-state index in [1.54, 1.807) is 0 Å². The monoisotopic (exact) mass is 216 g/mol. The van der Waals surface area contributed by atoms with Crippen molar-refractivity contribution in [1.82, 2.24) is 4.57 Å². The Labute approximate surface area is 93.5 Å². The Bertz CT molecular complexity index is 460. The second-order valence-corrected chi connectivity index (χ2v) is 3.25. The largest absolute Gasteiger partial charge is 0.453 e. The maximum Gasteiger partial charge on any atom is 0.411 e. The van der Waals surface area contributed by atoms with Gasteiger partial charge in [0.25, 0.3) is 0 Å². The average molecular weight is 216 g/mol. The van der Waals surface area contributed by atoms with Crippen molar-refractivity contribution in [3.05, 3.63) is 48.8 Å². The number of carbonyl (C=O) groups is 1. The predicted molar refractivity (Wildman–Crippen MR) is 61.8 cm³/mol. The Hall–Kier alpha value is -2.23. The second kappa shape index (κ2) is 4.53. The van der Waals surface area contributed by atoms with Crippen molar-refractivity contribution in [2.45, 2.75) is 0 Å². The van der Waals surface area contributed by atoms with E-state index in [1.807, 2.05) is 53.4 Å². The molecule has 4 heteroatoms. The van der Waals surface area contributed by atoms with E-state index in [0.29, 0.717) is 5.69 Å². The van der Waals surface area contributed by atoms with Crippen LogP contribution in [-0.2, 0) is 4.74 Å². The number of benzene rings is 1. The van der Waals surface area contributed by atoms with Gasteiger partial charge in [0, 0.05) is 23.8 Å². The molecule has 82 valence electrons. The maximum absolute atomic E-state index is 11.0. The van der Waals surface area contributed by atoms with Gasteiger partial charge >= 0.3 is 6.09 Å². The molecular weight excluding hydrogens is 204 g/mol. The van der Waals surface area contributed by atoms with Gasteiger partial charge in [-0.3, -0.25) is 5.32 Å². The maximum atomic E-state index is 11.0. The van der Waals surface area contributed by atoms with Gasteiger partial charge in [-0.05, 0) is 36.4 Å². The second-order valence-electron chi connectivity index (χ2n) is 3.25. The highest BCUT2D eigenvalue weighted by atomic mass is 16.5. The Kier molecular flexibility index (Phi) is 2.91. The average Bonchev–Trinajstić information content (AvgIpc) is 2.83. The molecule has 0 atom stereocenters. The van der Waals surface area contributed by atoms with Crippen molar-refractivity contribution >= 4 is 11.8 Å². The lowest BCUT2D eigenvalue weighted by Gasteiger charge is -2.06. The summed E-state index contributed by atoms with van der Waals surface area (Å²) in [5.74, 6) is 0. The third-order valence-corrected chi connectivity index (χ3v) is 2.20. The number of aromatic nitrogens is 1. The van der Waals surface area contributed by atoms with Crippen LogP contribution < -0.4 is 5.32 Å². The number of methoxy groups -OCH3 is 1. The summed E-state index contributed by atoms with van der Waals surface area (Å²) >= 11 is 0. The van der Waals surface area contributed by atoms with E-state index in [9.17, 15) is 4.79 Å². The molecule has 0 saturated heterocycles. The van der Waals surface area contributed by atoms with Crippen LogP contribution in [-0.4, -0.2) is 17.8 Å². The molecule has 0 bridgehead atoms. The molecule has 0 spiro atoms. The summed E-state index contributed by atoms with van der Waals surface area (Å²) in [6.45, 7) is 0. The first kappa shape index (κ1) is 10.3. The molecule has 0 radical (unpaired) electrons. The predicted octanol–water partition coefficient (Wildman–Crippen LogP) is 2.66. The number of ether oxygens (including phenoxy) is 1. The van der Waals surface area contributed by atoms with E-state index in [2.05, 4.69) is 10.1 Å². The topological polar surface area (TPSA) is 43.3 Å². The zero-order valence-corrected chi connectivity index (χ0v) is 8.88. The molecule has 16 heavy (non-hydrogen) atoms. The van der Waals surface area contributed by atoms with Crippen LogP contribution in [0.5, 0.6) is 0 Å². The minimum atomic E-state index is -0.464. The van der Waals surface area contributed by atoms with E-state index in [4.69, 9.17) is 0 Å². The van der Waals surface area contributed by atoms with Crippen molar-refractivity contribution in [1.29, 1.82) is 0 Å². The molecule has 1 heterocycles. The van der Waals surface area contributed by atoms with E-state index in [1.165, 1.54) is 7.11 Å². The van der Waals surface area contributed by atoms with Crippen molar-refractivity contribution in [3.63, 3.8) is 0 Å². The smallest absolute Gasteiger partial charge is 0.411 e. The van der Waals surface area contributed by atoms with Crippen molar-refractivity contribution < 1.29 is 9.53 Å². The Morgan fingerprint density at radius 1 is 1.19 bits per heavy atom. The highest BCUT2D eigenvalue weighted by molar-refractivity contribution is 5.84. The highest BCUT2D eigenvalue weighted by Crippen LogP contribution is 2.13. The normalized spacial score (nSPS) is 9.81. The number of nitrogens with one attached hydrogen (secondary N) is 1. The third-order valence-electron chi connectivity index (χ3n) is 2.20. The first-order valence-corrected chi connectivity index (χ1v) is 4.88. The van der Waals surface area contributed by atoms with Crippen LogP contribution in [0.15, 0.2) is 48.8 Å². The zero-order chi connectivity index (χ0) is 11.4. The summed E-state index contributed by atoms with van der Waals surface area (Å²) in [5.41, 5.74) is 1.75. The lowest BCUT2D eigenvalue weighted by atomic mass is 10.3. The number of carbonyl (C=O) groups excluding carboxylic acids is 1. The molecule has 4 nitrogen and oxygen atoms in total. The Morgan fingerprint density at radius 2 is 1.81 bits per heavy atom. The van der Waals surface area contributed by atoms with Gasteiger partial charge in [-0.25, -0.2) is 4.79 Å². The molecule has 0 fully saturated rings. The van der Waals surface area contributed by atoms with Gasteiger partial charge in [0.15, 0.2) is 0 Å². The van der Waals surface area contributed by atoms with Crippen LogP contribution in [0.3, 0.4) is 0 Å². The number of nitrogens with zero attached hydrogens (tertiary/aromatic N) is 1.